The van der Waals surface area contributed by atoms with Crippen molar-refractivity contribution in [3.63, 3.8) is 0 Å². The van der Waals surface area contributed by atoms with Crippen LogP contribution in [0.4, 0.5) is 0 Å². The molecule has 0 aliphatic heterocycles. The molecular weight excluding hydrogens is 468 g/mol. The van der Waals surface area contributed by atoms with Crippen LogP contribution in [0.5, 0.6) is 0 Å². The van der Waals surface area contributed by atoms with Crippen molar-refractivity contribution in [2.45, 2.75) is 101 Å². The molecule has 0 saturated heterocycles. The molecule has 2 aliphatic rings. The molecule has 0 unspecified atom stereocenters. The summed E-state index contributed by atoms with van der Waals surface area (Å²) < 4.78 is 0. The Labute approximate surface area is 241 Å². The molecule has 0 amide bonds. The van der Waals surface area contributed by atoms with Crippen molar-refractivity contribution in [3.05, 3.63) is 130 Å². The molecule has 0 aromatic rings. The third-order valence-electron chi connectivity index (χ3n) is 8.00. The van der Waals surface area contributed by atoms with Gasteiger partial charge in [-0.1, -0.05) is 147 Å². The van der Waals surface area contributed by atoms with Crippen molar-refractivity contribution < 1.29 is 0 Å². The number of hydrogen-bond acceptors (Lipinski definition) is 0. The first-order chi connectivity index (χ1) is 18.4. The lowest BCUT2D eigenvalue weighted by Gasteiger charge is -2.32. The van der Waals surface area contributed by atoms with Gasteiger partial charge in [-0.3, -0.25) is 0 Å². The predicted molar refractivity (Wildman–Crippen MR) is 177 cm³/mol. The second-order valence-electron chi connectivity index (χ2n) is 12.8. The highest BCUT2D eigenvalue weighted by Gasteiger charge is 2.26. The average molecular weight is 523 g/mol. The molecule has 0 saturated carbocycles. The topological polar surface area (TPSA) is 0 Å². The Morgan fingerprint density at radius 1 is 0.615 bits per heavy atom. The van der Waals surface area contributed by atoms with E-state index in [2.05, 4.69) is 153 Å². The van der Waals surface area contributed by atoms with Crippen molar-refractivity contribution in [2.24, 2.45) is 10.8 Å². The normalized spacial score (nSPS) is 21.9. The van der Waals surface area contributed by atoms with Gasteiger partial charge in [0.05, 0.1) is 0 Å². The van der Waals surface area contributed by atoms with Crippen LogP contribution >= 0.6 is 0 Å². The lowest BCUT2D eigenvalue weighted by molar-refractivity contribution is 0.377. The summed E-state index contributed by atoms with van der Waals surface area (Å²) in [5, 5.41) is 0. The molecule has 39 heavy (non-hydrogen) atoms. The van der Waals surface area contributed by atoms with Crippen molar-refractivity contribution in [1.82, 2.24) is 0 Å². The van der Waals surface area contributed by atoms with E-state index in [1.54, 1.807) is 5.57 Å². The zero-order chi connectivity index (χ0) is 28.9. The molecule has 0 atom stereocenters. The van der Waals surface area contributed by atoms with Crippen LogP contribution in [0.3, 0.4) is 0 Å². The van der Waals surface area contributed by atoms with Gasteiger partial charge in [-0.05, 0) is 95.1 Å². The van der Waals surface area contributed by atoms with Crippen LogP contribution < -0.4 is 0 Å². The average Bonchev–Trinajstić information content (AvgIpc) is 2.85. The third kappa shape index (κ3) is 11.8. The van der Waals surface area contributed by atoms with Gasteiger partial charge in [0.2, 0.25) is 0 Å². The zero-order valence-corrected chi connectivity index (χ0v) is 26.4. The van der Waals surface area contributed by atoms with Crippen LogP contribution in [0.2, 0.25) is 0 Å². The molecule has 210 valence electrons. The van der Waals surface area contributed by atoms with E-state index in [0.717, 1.165) is 0 Å². The van der Waals surface area contributed by atoms with Gasteiger partial charge in [0.15, 0.2) is 0 Å². The first-order valence-electron chi connectivity index (χ1n) is 14.9. The van der Waals surface area contributed by atoms with Crippen LogP contribution in [-0.4, -0.2) is 0 Å². The highest BCUT2D eigenvalue weighted by molar-refractivity contribution is 5.38. The number of hydrogen-bond donors (Lipinski definition) is 0. The fraction of sp³-hybridized carbons (Fsp3) is 0.436. The van der Waals surface area contributed by atoms with E-state index in [4.69, 9.17) is 0 Å². The molecule has 0 radical (unpaired) electrons. The van der Waals surface area contributed by atoms with Crippen LogP contribution in [0.25, 0.3) is 0 Å². The van der Waals surface area contributed by atoms with E-state index < -0.39 is 0 Å². The van der Waals surface area contributed by atoms with Gasteiger partial charge in [0.1, 0.15) is 0 Å². The van der Waals surface area contributed by atoms with Gasteiger partial charge in [0, 0.05) is 0 Å². The highest BCUT2D eigenvalue weighted by atomic mass is 14.3. The second-order valence-corrected chi connectivity index (χ2v) is 12.8. The molecule has 0 heterocycles. The van der Waals surface area contributed by atoms with E-state index in [1.807, 2.05) is 0 Å². The van der Waals surface area contributed by atoms with Crippen molar-refractivity contribution in [1.29, 1.82) is 0 Å². The van der Waals surface area contributed by atoms with E-state index in [9.17, 15) is 0 Å². The minimum atomic E-state index is 0.292. The monoisotopic (exact) mass is 522 g/mol. The van der Waals surface area contributed by atoms with Gasteiger partial charge >= 0.3 is 0 Å². The highest BCUT2D eigenvalue weighted by Crippen LogP contribution is 2.41. The molecule has 0 bridgehead atoms. The summed E-state index contributed by atoms with van der Waals surface area (Å²) in [5.74, 6) is 0. The largest absolute Gasteiger partial charge is 0.0808 e. The van der Waals surface area contributed by atoms with Crippen molar-refractivity contribution >= 4 is 0 Å². The molecule has 0 nitrogen and oxygen atoms in total. The van der Waals surface area contributed by atoms with Crippen molar-refractivity contribution in [3.8, 4) is 0 Å². The first kappa shape index (κ1) is 32.4. The van der Waals surface area contributed by atoms with Crippen LogP contribution in [0.15, 0.2) is 130 Å². The molecule has 2 aliphatic carbocycles. The lowest BCUT2D eigenvalue weighted by Crippen LogP contribution is -2.19. The van der Waals surface area contributed by atoms with Crippen molar-refractivity contribution in [2.75, 3.05) is 0 Å². The standard InChI is InChI=1S/C39H54/c1-31(19-14-21-33(3)25-27-36-24-12-13-29-38(36,6)7)17-10-11-18-32(2)20-15-22-34(4)26-28-37-35(5)23-16-30-39(37,8)9/h10-11,14-15,17-22,24-28H,12-13,16,23,29-30H2,1-9H3/b11-10+,19-14?,20-15+,27-25?,28-26+,31-17?,32-18+,33-21?,34-22+. The maximum atomic E-state index is 2.40. The van der Waals surface area contributed by atoms with Gasteiger partial charge in [-0.2, -0.15) is 0 Å². The molecule has 0 N–H and O–H groups in total. The molecular formula is C39H54. The maximum absolute atomic E-state index is 2.40. The fourth-order valence-electron chi connectivity index (χ4n) is 5.30. The lowest BCUT2D eigenvalue weighted by atomic mass is 9.72. The Morgan fingerprint density at radius 3 is 1.64 bits per heavy atom. The van der Waals surface area contributed by atoms with Crippen LogP contribution in [0.1, 0.15) is 101 Å². The summed E-state index contributed by atoms with van der Waals surface area (Å²) in [6.45, 7) is 20.4. The van der Waals surface area contributed by atoms with E-state index in [-0.39, 0.29) is 0 Å². The summed E-state index contributed by atoms with van der Waals surface area (Å²) in [5.41, 5.74) is 10.1. The molecule has 2 rings (SSSR count). The smallest absolute Gasteiger partial charge is 0.0104 e. The Morgan fingerprint density at radius 2 is 1.10 bits per heavy atom. The number of allylic oxidation sites excluding steroid dienone is 22. The van der Waals surface area contributed by atoms with Gasteiger partial charge in [-0.25, -0.2) is 0 Å². The summed E-state index contributed by atoms with van der Waals surface area (Å²) in [4.78, 5) is 0. The van der Waals surface area contributed by atoms with Gasteiger partial charge in [-0.15, -0.1) is 0 Å². The summed E-state index contributed by atoms with van der Waals surface area (Å²) in [6, 6.07) is 0. The van der Waals surface area contributed by atoms with E-state index in [1.165, 1.54) is 72.0 Å². The van der Waals surface area contributed by atoms with Crippen LogP contribution in [0, 0.1) is 10.8 Å². The van der Waals surface area contributed by atoms with Gasteiger partial charge in [0.25, 0.3) is 0 Å². The Bertz CT molecular complexity index is 1170. The SMILES string of the molecule is CC(C=CC1=CCCCC1(C)C)=CC=CC(C)=C/C=C/C=C(C)/C=C/C=C(C)/C=C/C1=C(C)CCCC1(C)C. The van der Waals surface area contributed by atoms with E-state index in [0.29, 0.717) is 10.8 Å². The Hall–Kier alpha value is -2.86. The van der Waals surface area contributed by atoms with E-state index >= 15 is 0 Å². The predicted octanol–water partition coefficient (Wildman–Crippen LogP) is 12.2. The maximum Gasteiger partial charge on any atom is -0.0104 e. The summed E-state index contributed by atoms with van der Waals surface area (Å²) >= 11 is 0. The summed E-state index contributed by atoms with van der Waals surface area (Å²) in [7, 11) is 0. The Balaban J connectivity index is 1.86. The minimum absolute atomic E-state index is 0.292. The third-order valence-corrected chi connectivity index (χ3v) is 8.00. The molecule has 0 spiro atoms. The first-order valence-corrected chi connectivity index (χ1v) is 14.9. The zero-order valence-electron chi connectivity index (χ0n) is 26.4. The Kier molecular flexibility index (Phi) is 13.0. The fourth-order valence-corrected chi connectivity index (χ4v) is 5.30. The molecule has 0 fully saturated rings. The second kappa shape index (κ2) is 15.7. The molecule has 0 aromatic heterocycles. The molecule has 0 heteroatoms. The number of rotatable bonds is 10. The van der Waals surface area contributed by atoms with Crippen LogP contribution in [-0.2, 0) is 0 Å². The molecule has 0 aromatic carbocycles. The van der Waals surface area contributed by atoms with Gasteiger partial charge < -0.3 is 0 Å². The quantitative estimate of drug-likeness (QED) is 0.250. The summed E-state index contributed by atoms with van der Waals surface area (Å²) in [6.07, 6.45) is 40.7. The minimum Gasteiger partial charge on any atom is -0.0808 e.